The summed E-state index contributed by atoms with van der Waals surface area (Å²) >= 11 is 1.90. The van der Waals surface area contributed by atoms with Crippen molar-refractivity contribution in [2.75, 3.05) is 5.32 Å². The van der Waals surface area contributed by atoms with Gasteiger partial charge < -0.3 is 5.32 Å². The fourth-order valence-electron chi connectivity index (χ4n) is 6.93. The first-order valence-electron chi connectivity index (χ1n) is 16.1. The zero-order valence-corrected chi connectivity index (χ0v) is 26.6. The summed E-state index contributed by atoms with van der Waals surface area (Å²) in [6.07, 6.45) is 8.92. The van der Waals surface area contributed by atoms with E-state index in [1.54, 1.807) is 0 Å². The molecule has 0 radical (unpaired) electrons. The molecule has 4 heteroatoms. The molecule has 0 bridgehead atoms. The van der Waals surface area contributed by atoms with Crippen LogP contribution >= 0.6 is 11.3 Å². The van der Waals surface area contributed by atoms with Gasteiger partial charge in [0.05, 0.1) is 21.4 Å². The van der Waals surface area contributed by atoms with E-state index in [4.69, 9.17) is 4.98 Å². The number of fused-ring (bicyclic) bond motifs is 7. The quantitative estimate of drug-likeness (QED) is 0.200. The maximum atomic E-state index is 5.42. The van der Waals surface area contributed by atoms with E-state index in [0.29, 0.717) is 0 Å². The Bertz CT molecular complexity index is 2540. The number of hydrogen-bond donors (Lipinski definition) is 1. The highest BCUT2D eigenvalue weighted by atomic mass is 32.1. The van der Waals surface area contributed by atoms with Crippen LogP contribution in [0.5, 0.6) is 0 Å². The highest BCUT2D eigenvalue weighted by Gasteiger charge is 2.21. The van der Waals surface area contributed by atoms with E-state index < -0.39 is 0 Å². The Kier molecular flexibility index (Phi) is 6.61. The van der Waals surface area contributed by atoms with Crippen LogP contribution in [0, 0.1) is 0 Å². The van der Waals surface area contributed by atoms with Crippen molar-refractivity contribution in [1.82, 2.24) is 9.55 Å². The van der Waals surface area contributed by atoms with E-state index in [2.05, 4.69) is 150 Å². The van der Waals surface area contributed by atoms with E-state index >= 15 is 0 Å². The molecule has 3 aromatic heterocycles. The standard InChI is InChI=1S/C43H31N3S/c1-2-28-25-39-36(27-38(28)44-32-18-10-5-11-19-32)34-22-23-35-33-20-12-13-21-40(33)47-43(35)42(34)46(39)41-26-31(29-14-6-3-7-15-29)24-37(45-41)30-16-8-4-9-17-30/h2-11,14-27,44H,1,12-13H2. The monoisotopic (exact) mass is 621 g/mol. The Morgan fingerprint density at radius 2 is 1.38 bits per heavy atom. The van der Waals surface area contributed by atoms with E-state index in [-0.39, 0.29) is 0 Å². The fraction of sp³-hybridized carbons (Fsp3) is 0.0465. The Labute approximate surface area is 277 Å². The molecule has 0 atom stereocenters. The third kappa shape index (κ3) is 4.68. The summed E-state index contributed by atoms with van der Waals surface area (Å²) in [7, 11) is 0. The van der Waals surface area contributed by atoms with E-state index in [0.717, 1.165) is 63.5 Å². The summed E-state index contributed by atoms with van der Waals surface area (Å²) in [5.74, 6) is 0.899. The predicted octanol–water partition coefficient (Wildman–Crippen LogP) is 10.5. The van der Waals surface area contributed by atoms with Crippen molar-refractivity contribution in [3.63, 3.8) is 0 Å². The molecule has 1 aliphatic rings. The van der Waals surface area contributed by atoms with Gasteiger partial charge in [0.1, 0.15) is 5.82 Å². The van der Waals surface area contributed by atoms with Crippen LogP contribution < -0.4 is 15.1 Å². The van der Waals surface area contributed by atoms with Crippen molar-refractivity contribution >= 4 is 72.8 Å². The number of rotatable bonds is 6. The van der Waals surface area contributed by atoms with Gasteiger partial charge in [0.15, 0.2) is 0 Å². The summed E-state index contributed by atoms with van der Waals surface area (Å²) in [6, 6.07) is 45.1. The van der Waals surface area contributed by atoms with Gasteiger partial charge in [0.25, 0.3) is 0 Å². The molecule has 0 spiro atoms. The van der Waals surface area contributed by atoms with Crippen LogP contribution in [0.2, 0.25) is 0 Å². The summed E-state index contributed by atoms with van der Waals surface area (Å²) < 4.78 is 5.06. The molecule has 0 unspecified atom stereocenters. The van der Waals surface area contributed by atoms with Crippen LogP contribution in [-0.4, -0.2) is 9.55 Å². The minimum absolute atomic E-state index is 0.899. The van der Waals surface area contributed by atoms with Gasteiger partial charge in [0, 0.05) is 37.6 Å². The molecule has 1 N–H and O–H groups in total. The molecule has 224 valence electrons. The van der Waals surface area contributed by atoms with Gasteiger partial charge in [-0.15, -0.1) is 11.3 Å². The maximum absolute atomic E-state index is 5.42. The van der Waals surface area contributed by atoms with Crippen molar-refractivity contribution in [2.24, 2.45) is 0 Å². The molecule has 0 saturated carbocycles. The molecular weight excluding hydrogens is 591 g/mol. The van der Waals surface area contributed by atoms with Gasteiger partial charge in [-0.3, -0.25) is 4.57 Å². The molecule has 1 aliphatic carbocycles. The number of pyridine rings is 1. The molecule has 47 heavy (non-hydrogen) atoms. The lowest BCUT2D eigenvalue weighted by molar-refractivity contribution is 1.09. The largest absolute Gasteiger partial charge is 0.355 e. The first-order valence-corrected chi connectivity index (χ1v) is 16.9. The van der Waals surface area contributed by atoms with Gasteiger partial charge in [-0.05, 0) is 71.1 Å². The number of benzene rings is 5. The third-order valence-corrected chi connectivity index (χ3v) is 10.4. The molecule has 0 fully saturated rings. The third-order valence-electron chi connectivity index (χ3n) is 9.16. The Morgan fingerprint density at radius 1 is 0.681 bits per heavy atom. The number of nitrogens with one attached hydrogen (secondary N) is 1. The lowest BCUT2D eigenvalue weighted by atomic mass is 10.0. The Balaban J connectivity index is 1.41. The molecule has 0 aliphatic heterocycles. The topological polar surface area (TPSA) is 29.9 Å². The highest BCUT2D eigenvalue weighted by molar-refractivity contribution is 7.18. The van der Waals surface area contributed by atoms with Crippen LogP contribution in [0.1, 0.15) is 18.4 Å². The normalized spacial score (nSPS) is 12.5. The fourth-order valence-corrected chi connectivity index (χ4v) is 8.24. The molecule has 3 nitrogen and oxygen atoms in total. The first kappa shape index (κ1) is 27.6. The molecule has 5 aromatic carbocycles. The van der Waals surface area contributed by atoms with Crippen LogP contribution in [0.3, 0.4) is 0 Å². The van der Waals surface area contributed by atoms with Gasteiger partial charge in [0.2, 0.25) is 0 Å². The van der Waals surface area contributed by atoms with Gasteiger partial charge >= 0.3 is 0 Å². The van der Waals surface area contributed by atoms with Crippen LogP contribution in [-0.2, 0) is 0 Å². The molecule has 9 rings (SSSR count). The number of aromatic nitrogens is 2. The molecule has 3 heterocycles. The van der Waals surface area contributed by atoms with Crippen LogP contribution in [0.4, 0.5) is 11.4 Å². The average molecular weight is 622 g/mol. The highest BCUT2D eigenvalue weighted by Crippen LogP contribution is 2.41. The van der Waals surface area contributed by atoms with Crippen LogP contribution in [0.25, 0.3) is 78.3 Å². The predicted molar refractivity (Wildman–Crippen MR) is 202 cm³/mol. The van der Waals surface area contributed by atoms with E-state index in [1.807, 2.05) is 23.5 Å². The summed E-state index contributed by atoms with van der Waals surface area (Å²) in [5.41, 5.74) is 9.75. The van der Waals surface area contributed by atoms with Crippen molar-refractivity contribution in [2.45, 2.75) is 12.8 Å². The second kappa shape index (κ2) is 11.3. The smallest absolute Gasteiger partial charge is 0.138 e. The minimum atomic E-state index is 0.899. The van der Waals surface area contributed by atoms with Crippen molar-refractivity contribution in [3.05, 3.63) is 149 Å². The minimum Gasteiger partial charge on any atom is -0.355 e. The summed E-state index contributed by atoms with van der Waals surface area (Å²) in [4.78, 5) is 5.42. The van der Waals surface area contributed by atoms with Gasteiger partial charge in [-0.1, -0.05) is 116 Å². The number of thiophene rings is 1. The Hall–Kier alpha value is -5.71. The number of nitrogens with zero attached hydrogens (tertiary/aromatic N) is 2. The number of anilines is 2. The van der Waals surface area contributed by atoms with Crippen molar-refractivity contribution < 1.29 is 0 Å². The average Bonchev–Trinajstić information content (AvgIpc) is 3.68. The lowest BCUT2D eigenvalue weighted by Gasteiger charge is -2.14. The number of hydrogen-bond acceptors (Lipinski definition) is 3. The van der Waals surface area contributed by atoms with Crippen molar-refractivity contribution in [3.8, 4) is 28.2 Å². The lowest BCUT2D eigenvalue weighted by Crippen LogP contribution is -2.20. The first-order chi connectivity index (χ1) is 23.2. The zero-order valence-electron chi connectivity index (χ0n) is 25.8. The van der Waals surface area contributed by atoms with E-state index in [9.17, 15) is 0 Å². The molecule has 8 aromatic rings. The second-order valence-electron chi connectivity index (χ2n) is 12.0. The number of para-hydroxylation sites is 1. The SMILES string of the molecule is C=Cc1cc2c(cc1Nc1ccccc1)c1ccc3c4c(sc3c1n2-c1cc(-c2ccccc2)cc(-c2ccccc2)n1)=CCCC=4. The van der Waals surface area contributed by atoms with Crippen molar-refractivity contribution in [1.29, 1.82) is 0 Å². The summed E-state index contributed by atoms with van der Waals surface area (Å²) in [6.45, 7) is 4.23. The molecular formula is C43H31N3S. The maximum Gasteiger partial charge on any atom is 0.138 e. The molecule has 0 saturated heterocycles. The van der Waals surface area contributed by atoms with E-state index in [1.165, 1.54) is 36.1 Å². The second-order valence-corrected chi connectivity index (χ2v) is 13.1. The zero-order chi connectivity index (χ0) is 31.3. The van der Waals surface area contributed by atoms with Gasteiger partial charge in [-0.25, -0.2) is 4.98 Å². The van der Waals surface area contributed by atoms with Crippen LogP contribution in [0.15, 0.2) is 134 Å². The Morgan fingerprint density at radius 3 is 2.15 bits per heavy atom. The van der Waals surface area contributed by atoms with Gasteiger partial charge in [-0.2, -0.15) is 0 Å². The summed E-state index contributed by atoms with van der Waals surface area (Å²) in [5, 5.41) is 8.73. The molecule has 0 amide bonds.